The van der Waals surface area contributed by atoms with Gasteiger partial charge in [-0.2, -0.15) is 0 Å². The largest absolute Gasteiger partial charge is 0.483 e. The van der Waals surface area contributed by atoms with Gasteiger partial charge >= 0.3 is 0 Å². The Hall–Kier alpha value is -2.60. The summed E-state index contributed by atoms with van der Waals surface area (Å²) in [7, 11) is 0. The number of aliphatic hydroxyl groups excluding tert-OH is 1. The lowest BCUT2D eigenvalue weighted by Gasteiger charge is -2.15. The number of aliphatic hydroxyl groups is 1. The lowest BCUT2D eigenvalue weighted by Crippen LogP contribution is -2.23. The number of rotatable bonds is 8. The third-order valence-corrected chi connectivity index (χ3v) is 3.81. The number of aromatic nitrogens is 1. The van der Waals surface area contributed by atoms with Crippen LogP contribution in [0.4, 0.5) is 11.5 Å². The number of nitrogens with one attached hydrogen (secondary N) is 2. The number of carbonyl (C=O) groups is 1. The van der Waals surface area contributed by atoms with E-state index < -0.39 is 0 Å². The fourth-order valence-corrected chi connectivity index (χ4v) is 2.24. The van der Waals surface area contributed by atoms with E-state index in [2.05, 4.69) is 15.6 Å². The van der Waals surface area contributed by atoms with Crippen LogP contribution in [0.1, 0.15) is 24.5 Å². The molecule has 0 aliphatic heterocycles. The minimum absolute atomic E-state index is 0.0288. The summed E-state index contributed by atoms with van der Waals surface area (Å²) in [6.07, 6.45) is 2.37. The second kappa shape index (κ2) is 9.03. The van der Waals surface area contributed by atoms with Crippen molar-refractivity contribution >= 4 is 17.4 Å². The Bertz CT molecular complexity index is 698. The van der Waals surface area contributed by atoms with E-state index in [1.54, 1.807) is 18.3 Å². The Morgan fingerprint density at radius 2 is 2.08 bits per heavy atom. The molecule has 1 amide bonds. The summed E-state index contributed by atoms with van der Waals surface area (Å²) in [4.78, 5) is 16.3. The maximum Gasteiger partial charge on any atom is 0.262 e. The van der Waals surface area contributed by atoms with Crippen LogP contribution in [0.3, 0.4) is 0 Å². The lowest BCUT2D eigenvalue weighted by atomic mass is 10.1. The molecule has 3 N–H and O–H groups in total. The number of nitrogens with zero attached hydrogens (tertiary/aromatic N) is 1. The average molecular weight is 343 g/mol. The van der Waals surface area contributed by atoms with Gasteiger partial charge in [-0.05, 0) is 49.6 Å². The summed E-state index contributed by atoms with van der Waals surface area (Å²) in [6, 6.07) is 9.38. The Morgan fingerprint density at radius 3 is 2.72 bits per heavy atom. The molecule has 0 radical (unpaired) electrons. The van der Waals surface area contributed by atoms with Gasteiger partial charge in [0.25, 0.3) is 5.91 Å². The van der Waals surface area contributed by atoms with Crippen molar-refractivity contribution < 1.29 is 14.6 Å². The fourth-order valence-electron chi connectivity index (χ4n) is 2.24. The number of carbonyl (C=O) groups excluding carboxylic acids is 1. The second-order valence-corrected chi connectivity index (χ2v) is 5.97. The molecule has 6 heteroatoms. The maximum absolute atomic E-state index is 12.0. The third-order valence-electron chi connectivity index (χ3n) is 3.81. The van der Waals surface area contributed by atoms with Crippen LogP contribution in [-0.4, -0.2) is 35.3 Å². The topological polar surface area (TPSA) is 83.5 Å². The second-order valence-electron chi connectivity index (χ2n) is 5.97. The van der Waals surface area contributed by atoms with Gasteiger partial charge in [0.05, 0.1) is 24.5 Å². The quantitative estimate of drug-likeness (QED) is 0.686. The number of hydrogen-bond donors (Lipinski definition) is 3. The monoisotopic (exact) mass is 343 g/mol. The van der Waals surface area contributed by atoms with Crippen molar-refractivity contribution in [3.63, 3.8) is 0 Å². The van der Waals surface area contributed by atoms with E-state index in [0.717, 1.165) is 17.5 Å². The molecule has 1 atom stereocenters. The molecule has 1 aromatic carbocycles. The lowest BCUT2D eigenvalue weighted by molar-refractivity contribution is -0.118. The number of pyridine rings is 1. The first-order chi connectivity index (χ1) is 12.0. The van der Waals surface area contributed by atoms with Gasteiger partial charge in [0.1, 0.15) is 11.6 Å². The highest BCUT2D eigenvalue weighted by molar-refractivity contribution is 5.91. The molecule has 25 heavy (non-hydrogen) atoms. The van der Waals surface area contributed by atoms with E-state index in [4.69, 9.17) is 4.74 Å². The number of anilines is 2. The molecule has 0 aliphatic rings. The van der Waals surface area contributed by atoms with Gasteiger partial charge in [0, 0.05) is 0 Å². The molecule has 6 nitrogen and oxygen atoms in total. The minimum atomic E-state index is -0.245. The van der Waals surface area contributed by atoms with Crippen LogP contribution in [0, 0.1) is 13.8 Å². The Kier molecular flexibility index (Phi) is 6.77. The van der Waals surface area contributed by atoms with Gasteiger partial charge in [0.15, 0.2) is 6.61 Å². The highest BCUT2D eigenvalue weighted by atomic mass is 16.5. The maximum atomic E-state index is 12.0. The van der Waals surface area contributed by atoms with E-state index in [0.29, 0.717) is 17.3 Å². The van der Waals surface area contributed by atoms with Gasteiger partial charge in [-0.3, -0.25) is 4.79 Å². The molecular weight excluding hydrogens is 318 g/mol. The molecule has 0 spiro atoms. The highest BCUT2D eigenvalue weighted by Gasteiger charge is 2.08. The molecule has 0 aliphatic carbocycles. The van der Waals surface area contributed by atoms with E-state index in [9.17, 15) is 9.90 Å². The standard InChI is InChI=1S/C19H25N3O3/c1-4-15(11-23)21-18-8-7-16(10-20-18)22-19(24)12-25-17-9-13(2)5-6-14(17)3/h5-10,15,23H,4,11-12H2,1-3H3,(H,20,21)(H,22,24). The van der Waals surface area contributed by atoms with Gasteiger partial charge in [-0.25, -0.2) is 4.98 Å². The van der Waals surface area contributed by atoms with Gasteiger partial charge in [-0.15, -0.1) is 0 Å². The third kappa shape index (κ3) is 5.76. The van der Waals surface area contributed by atoms with Crippen molar-refractivity contribution in [3.8, 4) is 5.75 Å². The summed E-state index contributed by atoms with van der Waals surface area (Å²) >= 11 is 0. The first-order valence-electron chi connectivity index (χ1n) is 8.35. The van der Waals surface area contributed by atoms with Crippen molar-refractivity contribution in [2.45, 2.75) is 33.2 Å². The first-order valence-corrected chi connectivity index (χ1v) is 8.35. The first kappa shape index (κ1) is 18.7. The number of aryl methyl sites for hydroxylation is 2. The smallest absolute Gasteiger partial charge is 0.262 e. The van der Waals surface area contributed by atoms with Crippen molar-refractivity contribution in [2.24, 2.45) is 0 Å². The summed E-state index contributed by atoms with van der Waals surface area (Å²) in [5, 5.41) is 15.1. The molecule has 0 bridgehead atoms. The van der Waals surface area contributed by atoms with Crippen LogP contribution in [0.25, 0.3) is 0 Å². The van der Waals surface area contributed by atoms with Gasteiger partial charge in [0.2, 0.25) is 0 Å². The summed E-state index contributed by atoms with van der Waals surface area (Å²) < 4.78 is 5.58. The number of ether oxygens (including phenoxy) is 1. The predicted molar refractivity (Wildman–Crippen MR) is 99.1 cm³/mol. The normalized spacial score (nSPS) is 11.7. The van der Waals surface area contributed by atoms with E-state index >= 15 is 0 Å². The average Bonchev–Trinajstić information content (AvgIpc) is 2.62. The zero-order valence-corrected chi connectivity index (χ0v) is 14.9. The minimum Gasteiger partial charge on any atom is -0.483 e. The predicted octanol–water partition coefficient (Wildman–Crippen LogP) is 2.90. The number of hydrogen-bond acceptors (Lipinski definition) is 5. The molecule has 0 fully saturated rings. The molecule has 1 unspecified atom stereocenters. The fraction of sp³-hybridized carbons (Fsp3) is 0.368. The molecule has 2 aromatic rings. The van der Waals surface area contributed by atoms with Crippen LogP contribution in [0.15, 0.2) is 36.5 Å². The molecule has 1 aromatic heterocycles. The molecule has 134 valence electrons. The molecule has 2 rings (SSSR count). The highest BCUT2D eigenvalue weighted by Crippen LogP contribution is 2.19. The van der Waals surface area contributed by atoms with Crippen LogP contribution in [0.2, 0.25) is 0 Å². The van der Waals surface area contributed by atoms with Gasteiger partial charge in [-0.1, -0.05) is 19.1 Å². The van der Waals surface area contributed by atoms with Crippen molar-refractivity contribution in [1.29, 1.82) is 0 Å². The molecule has 1 heterocycles. The zero-order chi connectivity index (χ0) is 18.2. The summed E-state index contributed by atoms with van der Waals surface area (Å²) in [5.74, 6) is 1.12. The zero-order valence-electron chi connectivity index (χ0n) is 14.9. The number of benzene rings is 1. The van der Waals surface area contributed by atoms with Crippen LogP contribution in [-0.2, 0) is 4.79 Å². The van der Waals surface area contributed by atoms with Crippen LogP contribution >= 0.6 is 0 Å². The molecule has 0 saturated carbocycles. The van der Waals surface area contributed by atoms with E-state index in [1.807, 2.05) is 39.0 Å². The van der Waals surface area contributed by atoms with Gasteiger partial charge < -0.3 is 20.5 Å². The van der Waals surface area contributed by atoms with Crippen molar-refractivity contribution in [1.82, 2.24) is 4.98 Å². The van der Waals surface area contributed by atoms with Crippen LogP contribution in [0.5, 0.6) is 5.75 Å². The summed E-state index contributed by atoms with van der Waals surface area (Å²) in [5.41, 5.74) is 2.67. The Balaban J connectivity index is 1.87. The number of amides is 1. The van der Waals surface area contributed by atoms with Crippen molar-refractivity contribution in [3.05, 3.63) is 47.7 Å². The van der Waals surface area contributed by atoms with Crippen molar-refractivity contribution in [2.75, 3.05) is 23.8 Å². The van der Waals surface area contributed by atoms with E-state index in [1.165, 1.54) is 0 Å². The Morgan fingerprint density at radius 1 is 1.28 bits per heavy atom. The SMILES string of the molecule is CCC(CO)Nc1ccc(NC(=O)COc2cc(C)ccc2C)cn1. The summed E-state index contributed by atoms with van der Waals surface area (Å²) in [6.45, 7) is 5.89. The van der Waals surface area contributed by atoms with E-state index in [-0.39, 0.29) is 25.2 Å². The van der Waals surface area contributed by atoms with Crippen LogP contribution < -0.4 is 15.4 Å². The molecule has 0 saturated heterocycles. The molecular formula is C19H25N3O3. The Labute approximate surface area is 148 Å².